The van der Waals surface area contributed by atoms with Crippen LogP contribution < -0.4 is 5.73 Å². The smallest absolute Gasteiger partial charge is 0.0992 e. The van der Waals surface area contributed by atoms with Crippen LogP contribution in [0.2, 0.25) is 0 Å². The van der Waals surface area contributed by atoms with Crippen LogP contribution in [0, 0.1) is 11.3 Å². The molecule has 2 nitrogen and oxygen atoms in total. The van der Waals surface area contributed by atoms with Gasteiger partial charge >= 0.3 is 0 Å². The Morgan fingerprint density at radius 3 is 2.37 bits per heavy atom. The predicted octanol–water partition coefficient (Wildman–Crippen LogP) is 4.42. The Morgan fingerprint density at radius 1 is 1.11 bits per heavy atom. The molecule has 0 amide bonds. The molecule has 19 heavy (non-hydrogen) atoms. The van der Waals surface area contributed by atoms with Crippen molar-refractivity contribution in [1.29, 1.82) is 5.26 Å². The average molecular weight is 268 g/mol. The van der Waals surface area contributed by atoms with Crippen molar-refractivity contribution in [2.24, 2.45) is 0 Å². The van der Waals surface area contributed by atoms with Crippen LogP contribution in [0.5, 0.6) is 0 Å². The number of nitrogens with zero attached hydrogens (tertiary/aromatic N) is 1. The van der Waals surface area contributed by atoms with Crippen LogP contribution in [0.4, 0.5) is 5.69 Å². The van der Waals surface area contributed by atoms with E-state index in [1.165, 1.54) is 5.56 Å². The summed E-state index contributed by atoms with van der Waals surface area (Å²) in [7, 11) is 0. The minimum Gasteiger partial charge on any atom is -0.398 e. The fourth-order valence-electron chi connectivity index (χ4n) is 1.74. The lowest BCUT2D eigenvalue weighted by Gasteiger charge is -2.08. The quantitative estimate of drug-likeness (QED) is 0.838. The Bertz CT molecular complexity index is 610. The van der Waals surface area contributed by atoms with Crippen molar-refractivity contribution in [2.75, 3.05) is 5.73 Å². The second kappa shape index (κ2) is 5.81. The summed E-state index contributed by atoms with van der Waals surface area (Å²) in [5.41, 5.74) is 8.60. The van der Waals surface area contributed by atoms with Crippen molar-refractivity contribution in [3.63, 3.8) is 0 Å². The molecule has 0 aliphatic rings. The standard InChI is InChI=1S/C16H16N2S/c1-11(2)13-4-6-14(7-5-13)19-16-9-12(10-17)3-8-15(16)18/h3-9,11H,18H2,1-2H3. The second-order valence-electron chi connectivity index (χ2n) is 4.69. The first kappa shape index (κ1) is 13.5. The summed E-state index contributed by atoms with van der Waals surface area (Å²) in [6.07, 6.45) is 0. The van der Waals surface area contributed by atoms with Gasteiger partial charge in [0.15, 0.2) is 0 Å². The molecule has 0 aromatic heterocycles. The molecular weight excluding hydrogens is 252 g/mol. The number of anilines is 1. The highest BCUT2D eigenvalue weighted by molar-refractivity contribution is 7.99. The number of rotatable bonds is 3. The summed E-state index contributed by atoms with van der Waals surface area (Å²) in [5, 5.41) is 8.92. The fourth-order valence-corrected chi connectivity index (χ4v) is 2.64. The summed E-state index contributed by atoms with van der Waals surface area (Å²) in [5.74, 6) is 0.533. The third-order valence-electron chi connectivity index (χ3n) is 2.92. The molecule has 0 bridgehead atoms. The van der Waals surface area contributed by atoms with E-state index in [-0.39, 0.29) is 0 Å². The molecule has 0 aliphatic carbocycles. The van der Waals surface area contributed by atoms with Crippen LogP contribution in [0.1, 0.15) is 30.9 Å². The zero-order valence-corrected chi connectivity index (χ0v) is 11.9. The van der Waals surface area contributed by atoms with Crippen molar-refractivity contribution in [3.05, 3.63) is 53.6 Å². The van der Waals surface area contributed by atoms with Gasteiger partial charge in [-0.25, -0.2) is 0 Å². The van der Waals surface area contributed by atoms with Crippen LogP contribution in [0.25, 0.3) is 0 Å². The van der Waals surface area contributed by atoms with Gasteiger partial charge < -0.3 is 5.73 Å². The zero-order valence-electron chi connectivity index (χ0n) is 11.1. The van der Waals surface area contributed by atoms with E-state index in [9.17, 15) is 0 Å². The summed E-state index contributed by atoms with van der Waals surface area (Å²) in [6, 6.07) is 15.9. The summed E-state index contributed by atoms with van der Waals surface area (Å²) in [6.45, 7) is 4.35. The number of nitrogens with two attached hydrogens (primary N) is 1. The molecule has 0 unspecified atom stereocenters. The maximum Gasteiger partial charge on any atom is 0.0992 e. The summed E-state index contributed by atoms with van der Waals surface area (Å²) < 4.78 is 0. The minimum absolute atomic E-state index is 0.533. The molecule has 0 saturated heterocycles. The van der Waals surface area contributed by atoms with Crippen molar-refractivity contribution in [2.45, 2.75) is 29.6 Å². The maximum absolute atomic E-state index is 8.92. The number of benzene rings is 2. The van der Waals surface area contributed by atoms with Crippen LogP contribution in [-0.4, -0.2) is 0 Å². The van der Waals surface area contributed by atoms with Gasteiger partial charge in [0, 0.05) is 15.5 Å². The molecule has 2 N–H and O–H groups in total. The third-order valence-corrected chi connectivity index (χ3v) is 4.00. The molecule has 0 atom stereocenters. The lowest BCUT2D eigenvalue weighted by atomic mass is 10.0. The molecule has 0 radical (unpaired) electrons. The number of nitriles is 1. The van der Waals surface area contributed by atoms with E-state index in [4.69, 9.17) is 11.0 Å². The summed E-state index contributed by atoms with van der Waals surface area (Å²) in [4.78, 5) is 2.06. The highest BCUT2D eigenvalue weighted by Crippen LogP contribution is 2.33. The van der Waals surface area contributed by atoms with E-state index in [0.717, 1.165) is 9.79 Å². The predicted molar refractivity (Wildman–Crippen MR) is 80.2 cm³/mol. The van der Waals surface area contributed by atoms with Gasteiger partial charge in [0.05, 0.1) is 11.6 Å². The van der Waals surface area contributed by atoms with Gasteiger partial charge in [-0.15, -0.1) is 0 Å². The van der Waals surface area contributed by atoms with Gasteiger partial charge in [-0.05, 0) is 41.8 Å². The Hall–Kier alpha value is -1.92. The molecule has 96 valence electrons. The largest absolute Gasteiger partial charge is 0.398 e. The van der Waals surface area contributed by atoms with Crippen molar-refractivity contribution >= 4 is 17.4 Å². The van der Waals surface area contributed by atoms with E-state index in [1.54, 1.807) is 23.9 Å². The van der Waals surface area contributed by atoms with E-state index in [0.29, 0.717) is 17.2 Å². The van der Waals surface area contributed by atoms with Gasteiger partial charge in [-0.2, -0.15) is 5.26 Å². The Kier molecular flexibility index (Phi) is 4.13. The molecule has 0 fully saturated rings. The molecule has 0 aliphatic heterocycles. The SMILES string of the molecule is CC(C)c1ccc(Sc2cc(C#N)ccc2N)cc1. The molecule has 3 heteroatoms. The van der Waals surface area contributed by atoms with Crippen LogP contribution in [-0.2, 0) is 0 Å². The molecule has 2 rings (SSSR count). The Morgan fingerprint density at radius 2 is 1.79 bits per heavy atom. The molecular formula is C16H16N2S. The summed E-state index contributed by atoms with van der Waals surface area (Å²) >= 11 is 1.59. The van der Waals surface area contributed by atoms with Crippen molar-refractivity contribution in [3.8, 4) is 6.07 Å². The molecule has 2 aromatic rings. The fraction of sp³-hybridized carbons (Fsp3) is 0.188. The number of nitrogen functional groups attached to an aromatic ring is 1. The van der Waals surface area contributed by atoms with Gasteiger partial charge in [0.25, 0.3) is 0 Å². The minimum atomic E-state index is 0.533. The molecule has 2 aromatic carbocycles. The first-order chi connectivity index (χ1) is 9.10. The van der Waals surface area contributed by atoms with Crippen molar-refractivity contribution < 1.29 is 0 Å². The second-order valence-corrected chi connectivity index (χ2v) is 5.81. The van der Waals surface area contributed by atoms with Crippen LogP contribution in [0.3, 0.4) is 0 Å². The highest BCUT2D eigenvalue weighted by atomic mass is 32.2. The van der Waals surface area contributed by atoms with Gasteiger partial charge in [0.2, 0.25) is 0 Å². The van der Waals surface area contributed by atoms with Gasteiger partial charge in [0.1, 0.15) is 0 Å². The van der Waals surface area contributed by atoms with E-state index < -0.39 is 0 Å². The van der Waals surface area contributed by atoms with Crippen molar-refractivity contribution in [1.82, 2.24) is 0 Å². The molecule has 0 spiro atoms. The monoisotopic (exact) mass is 268 g/mol. The van der Waals surface area contributed by atoms with Crippen LogP contribution >= 0.6 is 11.8 Å². The van der Waals surface area contributed by atoms with Crippen LogP contribution in [0.15, 0.2) is 52.3 Å². The third kappa shape index (κ3) is 3.30. The van der Waals surface area contributed by atoms with Gasteiger partial charge in [-0.1, -0.05) is 37.7 Å². The Balaban J connectivity index is 2.24. The zero-order chi connectivity index (χ0) is 13.8. The lowest BCUT2D eigenvalue weighted by molar-refractivity contribution is 0.865. The normalized spacial score (nSPS) is 10.4. The molecule has 0 heterocycles. The molecule has 0 saturated carbocycles. The average Bonchev–Trinajstić information content (AvgIpc) is 2.42. The first-order valence-corrected chi connectivity index (χ1v) is 6.99. The maximum atomic E-state index is 8.92. The lowest BCUT2D eigenvalue weighted by Crippen LogP contribution is -1.90. The highest BCUT2D eigenvalue weighted by Gasteiger charge is 2.05. The topological polar surface area (TPSA) is 49.8 Å². The van der Waals surface area contributed by atoms with Gasteiger partial charge in [-0.3, -0.25) is 0 Å². The Labute approximate surface area is 118 Å². The first-order valence-electron chi connectivity index (χ1n) is 6.17. The number of hydrogen-bond donors (Lipinski definition) is 1. The number of hydrogen-bond acceptors (Lipinski definition) is 3. The van der Waals surface area contributed by atoms with E-state index in [1.807, 2.05) is 6.07 Å². The van der Waals surface area contributed by atoms with E-state index in [2.05, 4.69) is 44.2 Å². The van der Waals surface area contributed by atoms with E-state index >= 15 is 0 Å².